The Labute approximate surface area is 158 Å². The van der Waals surface area contributed by atoms with E-state index in [0.29, 0.717) is 12.0 Å². The normalized spacial score (nSPS) is 12.4. The summed E-state index contributed by atoms with van der Waals surface area (Å²) in [6.45, 7) is 1.89. The first-order valence-corrected chi connectivity index (χ1v) is 10.0. The number of carboxylic acids is 1. The minimum atomic E-state index is -3.70. The van der Waals surface area contributed by atoms with Crippen LogP contribution in [0.15, 0.2) is 48.5 Å². The average molecular weight is 390 g/mol. The first kappa shape index (κ1) is 20.6. The van der Waals surface area contributed by atoms with Gasteiger partial charge in [0, 0.05) is 12.1 Å². The molecule has 1 amide bonds. The van der Waals surface area contributed by atoms with E-state index in [-0.39, 0.29) is 17.9 Å². The number of amides is 1. The Morgan fingerprint density at radius 1 is 1.11 bits per heavy atom. The second-order valence-corrected chi connectivity index (χ2v) is 8.06. The number of carboxylic acid groups (broad SMARTS) is 1. The van der Waals surface area contributed by atoms with Gasteiger partial charge in [-0.3, -0.25) is 9.59 Å². The highest BCUT2D eigenvalue weighted by molar-refractivity contribution is 7.88. The lowest BCUT2D eigenvalue weighted by Gasteiger charge is -2.14. The molecule has 0 aliphatic rings. The standard InChI is InChI=1S/C19H22N2O5S/c1-13-4-2-5-14(8-13)9-17(19(23)24)11-21-18(22)16-7-3-6-15(10-16)12-27(20,25)26/h2-8,10,17H,9,11-12H2,1H3,(H,21,22)(H,23,24)(H2,20,25,26). The van der Waals surface area contributed by atoms with Crippen LogP contribution in [0, 0.1) is 12.8 Å². The fraction of sp³-hybridized carbons (Fsp3) is 0.263. The molecule has 4 N–H and O–H groups in total. The minimum absolute atomic E-state index is 0.0402. The molecule has 0 aliphatic carbocycles. The fourth-order valence-corrected chi connectivity index (χ4v) is 3.37. The highest BCUT2D eigenvalue weighted by Crippen LogP contribution is 2.12. The number of carbonyl (C=O) groups excluding carboxylic acids is 1. The zero-order chi connectivity index (χ0) is 20.0. The molecule has 0 aromatic heterocycles. The van der Waals surface area contributed by atoms with Gasteiger partial charge in [-0.15, -0.1) is 0 Å². The minimum Gasteiger partial charge on any atom is -0.481 e. The van der Waals surface area contributed by atoms with Crippen LogP contribution < -0.4 is 10.5 Å². The van der Waals surface area contributed by atoms with Gasteiger partial charge in [0.05, 0.1) is 11.7 Å². The molecule has 0 saturated heterocycles. The van der Waals surface area contributed by atoms with Gasteiger partial charge >= 0.3 is 5.97 Å². The summed E-state index contributed by atoms with van der Waals surface area (Å²) in [4.78, 5) is 23.8. The molecule has 8 heteroatoms. The highest BCUT2D eigenvalue weighted by Gasteiger charge is 2.20. The van der Waals surface area contributed by atoms with Crippen molar-refractivity contribution in [3.8, 4) is 0 Å². The Morgan fingerprint density at radius 3 is 2.41 bits per heavy atom. The van der Waals surface area contributed by atoms with Gasteiger partial charge in [0.1, 0.15) is 0 Å². The zero-order valence-electron chi connectivity index (χ0n) is 14.9. The third-order valence-electron chi connectivity index (χ3n) is 3.98. The molecule has 27 heavy (non-hydrogen) atoms. The number of hydrogen-bond donors (Lipinski definition) is 3. The molecule has 0 heterocycles. The van der Waals surface area contributed by atoms with Gasteiger partial charge in [0.2, 0.25) is 10.0 Å². The highest BCUT2D eigenvalue weighted by atomic mass is 32.2. The summed E-state index contributed by atoms with van der Waals surface area (Å²) in [6.07, 6.45) is 0.294. The van der Waals surface area contributed by atoms with Crippen molar-refractivity contribution >= 4 is 21.9 Å². The Morgan fingerprint density at radius 2 is 1.78 bits per heavy atom. The summed E-state index contributed by atoms with van der Waals surface area (Å²) >= 11 is 0. The predicted molar refractivity (Wildman–Crippen MR) is 102 cm³/mol. The molecule has 0 fully saturated rings. The Kier molecular flexibility index (Phi) is 6.70. The third kappa shape index (κ3) is 6.84. The van der Waals surface area contributed by atoms with E-state index in [1.807, 2.05) is 31.2 Å². The van der Waals surface area contributed by atoms with Crippen LogP contribution in [0.3, 0.4) is 0 Å². The van der Waals surface area contributed by atoms with Gasteiger partial charge in [-0.2, -0.15) is 0 Å². The van der Waals surface area contributed by atoms with Crippen molar-refractivity contribution in [3.05, 3.63) is 70.8 Å². The molecule has 2 aromatic carbocycles. The van der Waals surface area contributed by atoms with Crippen molar-refractivity contribution in [2.45, 2.75) is 19.1 Å². The van der Waals surface area contributed by atoms with Gasteiger partial charge in [0.25, 0.3) is 5.91 Å². The second kappa shape index (κ2) is 8.79. The fourth-order valence-electron chi connectivity index (χ4n) is 2.72. The van der Waals surface area contributed by atoms with Gasteiger partial charge < -0.3 is 10.4 Å². The number of benzene rings is 2. The first-order chi connectivity index (χ1) is 12.6. The third-order valence-corrected chi connectivity index (χ3v) is 4.72. The van der Waals surface area contributed by atoms with Crippen molar-refractivity contribution in [3.63, 3.8) is 0 Å². The molecule has 1 unspecified atom stereocenters. The predicted octanol–water partition coefficient (Wildman–Crippen LogP) is 1.46. The lowest BCUT2D eigenvalue weighted by molar-refractivity contribution is -0.141. The maximum absolute atomic E-state index is 12.3. The van der Waals surface area contributed by atoms with Gasteiger partial charge in [-0.05, 0) is 36.6 Å². The maximum atomic E-state index is 12.3. The van der Waals surface area contributed by atoms with Crippen LogP contribution in [0.4, 0.5) is 0 Å². The van der Waals surface area contributed by atoms with Crippen LogP contribution in [0.25, 0.3) is 0 Å². The SMILES string of the molecule is Cc1cccc(CC(CNC(=O)c2cccc(CS(N)(=O)=O)c2)C(=O)O)c1. The van der Waals surface area contributed by atoms with Crippen molar-refractivity contribution in [1.29, 1.82) is 0 Å². The summed E-state index contributed by atoms with van der Waals surface area (Å²) in [5.74, 6) is -2.62. The van der Waals surface area contributed by atoms with Gasteiger partial charge in [-0.1, -0.05) is 42.0 Å². The van der Waals surface area contributed by atoms with Crippen LogP contribution >= 0.6 is 0 Å². The number of aryl methyl sites for hydroxylation is 1. The van der Waals surface area contributed by atoms with E-state index in [4.69, 9.17) is 5.14 Å². The molecule has 1 atom stereocenters. The Hall–Kier alpha value is -2.71. The molecule has 0 bridgehead atoms. The summed E-state index contributed by atoms with van der Waals surface area (Å²) < 4.78 is 22.4. The summed E-state index contributed by atoms with van der Waals surface area (Å²) in [6, 6.07) is 13.6. The number of nitrogens with two attached hydrogens (primary N) is 1. The van der Waals surface area contributed by atoms with E-state index in [1.165, 1.54) is 12.1 Å². The Balaban J connectivity index is 2.03. The van der Waals surface area contributed by atoms with Crippen molar-refractivity contribution in [1.82, 2.24) is 5.32 Å². The summed E-state index contributed by atoms with van der Waals surface area (Å²) in [5.41, 5.74) is 2.55. The lowest BCUT2D eigenvalue weighted by atomic mass is 9.98. The number of sulfonamides is 1. The summed E-state index contributed by atoms with van der Waals surface area (Å²) in [5, 5.41) is 17.0. The second-order valence-electron chi connectivity index (χ2n) is 6.45. The number of nitrogens with one attached hydrogen (secondary N) is 1. The Bertz CT molecular complexity index is 941. The first-order valence-electron chi connectivity index (χ1n) is 8.30. The number of rotatable bonds is 8. The molecule has 0 aliphatic heterocycles. The molecule has 0 saturated carbocycles. The van der Waals surface area contributed by atoms with Crippen LogP contribution in [-0.4, -0.2) is 31.9 Å². The maximum Gasteiger partial charge on any atom is 0.308 e. The topological polar surface area (TPSA) is 127 Å². The van der Waals surface area contributed by atoms with Crippen molar-refractivity contribution in [2.24, 2.45) is 11.1 Å². The molecule has 144 valence electrons. The molecule has 7 nitrogen and oxygen atoms in total. The number of hydrogen-bond acceptors (Lipinski definition) is 4. The molecule has 2 aromatic rings. The molecular weight excluding hydrogens is 368 g/mol. The summed E-state index contributed by atoms with van der Waals surface area (Å²) in [7, 11) is -3.70. The van der Waals surface area contributed by atoms with Crippen molar-refractivity contribution < 1.29 is 23.1 Å². The van der Waals surface area contributed by atoms with Gasteiger partial charge in [-0.25, -0.2) is 13.6 Å². The smallest absolute Gasteiger partial charge is 0.308 e. The molecule has 0 spiro atoms. The van der Waals surface area contributed by atoms with Crippen LogP contribution in [-0.2, 0) is 27.0 Å². The van der Waals surface area contributed by atoms with E-state index in [0.717, 1.165) is 11.1 Å². The largest absolute Gasteiger partial charge is 0.481 e. The number of carbonyl (C=O) groups is 2. The monoisotopic (exact) mass is 390 g/mol. The number of primary sulfonamides is 1. The van der Waals surface area contributed by atoms with Crippen LogP contribution in [0.1, 0.15) is 27.0 Å². The van der Waals surface area contributed by atoms with Crippen LogP contribution in [0.2, 0.25) is 0 Å². The number of aliphatic carboxylic acids is 1. The molecular formula is C19H22N2O5S. The van der Waals surface area contributed by atoms with Gasteiger partial charge in [0.15, 0.2) is 0 Å². The van der Waals surface area contributed by atoms with E-state index in [2.05, 4.69) is 5.32 Å². The van der Waals surface area contributed by atoms with E-state index in [1.54, 1.807) is 12.1 Å². The molecule has 2 rings (SSSR count). The van der Waals surface area contributed by atoms with Crippen LogP contribution in [0.5, 0.6) is 0 Å². The lowest BCUT2D eigenvalue weighted by Crippen LogP contribution is -2.34. The quantitative estimate of drug-likeness (QED) is 0.629. The zero-order valence-corrected chi connectivity index (χ0v) is 15.7. The molecule has 0 radical (unpaired) electrons. The van der Waals surface area contributed by atoms with E-state index in [9.17, 15) is 23.1 Å². The van der Waals surface area contributed by atoms with E-state index >= 15 is 0 Å². The average Bonchev–Trinajstić information content (AvgIpc) is 2.57. The van der Waals surface area contributed by atoms with E-state index < -0.39 is 27.8 Å². The van der Waals surface area contributed by atoms with Crippen molar-refractivity contribution in [2.75, 3.05) is 6.54 Å².